The first-order valence-electron chi connectivity index (χ1n) is 13.0. The first kappa shape index (κ1) is 29.8. The molecule has 0 radical (unpaired) electrons. The molecule has 1 unspecified atom stereocenters. The SMILES string of the molecule is C#CC1CN(Cc2ccc(F)cc2)CCN1C(=O)/C=C/c1cc(OC)c(Cl)cc1NC(=O)[C@@H]1CC(=O)CN1C(C)=O. The van der Waals surface area contributed by atoms with Crippen LogP contribution in [0.5, 0.6) is 5.75 Å². The molecule has 4 rings (SSSR count). The molecular weight excluding hydrogens is 551 g/mol. The third-order valence-corrected chi connectivity index (χ3v) is 7.39. The molecule has 9 nitrogen and oxygen atoms in total. The largest absolute Gasteiger partial charge is 0.495 e. The van der Waals surface area contributed by atoms with Crippen LogP contribution in [0.25, 0.3) is 6.08 Å². The lowest BCUT2D eigenvalue weighted by atomic mass is 10.1. The van der Waals surface area contributed by atoms with Crippen LogP contribution in [0.1, 0.15) is 24.5 Å². The van der Waals surface area contributed by atoms with Crippen LogP contribution in [0.15, 0.2) is 42.5 Å². The minimum absolute atomic E-state index is 0.0838. The van der Waals surface area contributed by atoms with Crippen molar-refractivity contribution in [3.05, 3.63) is 64.4 Å². The van der Waals surface area contributed by atoms with Crippen LogP contribution in [-0.4, -0.2) is 83.6 Å². The molecule has 0 saturated carbocycles. The number of terminal acetylenes is 1. The Labute approximate surface area is 242 Å². The van der Waals surface area contributed by atoms with Gasteiger partial charge in [-0.3, -0.25) is 24.1 Å². The molecule has 2 aliphatic rings. The number of carbonyl (C=O) groups is 4. The Kier molecular flexibility index (Phi) is 9.42. The lowest BCUT2D eigenvalue weighted by molar-refractivity contribution is -0.135. The highest BCUT2D eigenvalue weighted by molar-refractivity contribution is 6.32. The van der Waals surface area contributed by atoms with Gasteiger partial charge < -0.3 is 19.9 Å². The molecular formula is C30H30ClFN4O5. The zero-order chi connectivity index (χ0) is 29.7. The molecule has 11 heteroatoms. The van der Waals surface area contributed by atoms with Gasteiger partial charge in [-0.2, -0.15) is 0 Å². The summed E-state index contributed by atoms with van der Waals surface area (Å²) in [5, 5.41) is 2.97. The fourth-order valence-electron chi connectivity index (χ4n) is 4.94. The fourth-order valence-corrected chi connectivity index (χ4v) is 5.18. The predicted octanol–water partition coefficient (Wildman–Crippen LogP) is 2.98. The maximum atomic E-state index is 13.2. The van der Waals surface area contributed by atoms with Crippen LogP contribution >= 0.6 is 11.6 Å². The number of halogens is 2. The molecule has 3 amide bonds. The maximum Gasteiger partial charge on any atom is 0.247 e. The van der Waals surface area contributed by atoms with Crippen LogP contribution < -0.4 is 10.1 Å². The Morgan fingerprint density at radius 3 is 2.59 bits per heavy atom. The van der Waals surface area contributed by atoms with Crippen LogP contribution in [0.4, 0.5) is 10.1 Å². The summed E-state index contributed by atoms with van der Waals surface area (Å²) < 4.78 is 18.6. The summed E-state index contributed by atoms with van der Waals surface area (Å²) in [6.45, 7) is 3.19. The molecule has 1 N–H and O–H groups in total. The summed E-state index contributed by atoms with van der Waals surface area (Å²) in [5.74, 6) is 1.27. The van der Waals surface area contributed by atoms with E-state index in [9.17, 15) is 23.6 Å². The first-order chi connectivity index (χ1) is 19.6. The van der Waals surface area contributed by atoms with E-state index in [1.807, 2.05) is 0 Å². The lowest BCUT2D eigenvalue weighted by Gasteiger charge is -2.38. The second-order valence-corrected chi connectivity index (χ2v) is 10.3. The second kappa shape index (κ2) is 13.0. The number of ketones is 1. The molecule has 41 heavy (non-hydrogen) atoms. The van der Waals surface area contributed by atoms with Crippen LogP contribution in [0.2, 0.25) is 5.02 Å². The van der Waals surface area contributed by atoms with E-state index in [2.05, 4.69) is 16.1 Å². The third kappa shape index (κ3) is 7.12. The lowest BCUT2D eigenvalue weighted by Crippen LogP contribution is -2.53. The van der Waals surface area contributed by atoms with Crippen molar-refractivity contribution in [1.29, 1.82) is 0 Å². The molecule has 2 heterocycles. The monoisotopic (exact) mass is 580 g/mol. The first-order valence-corrected chi connectivity index (χ1v) is 13.4. The number of nitrogens with zero attached hydrogens (tertiary/aromatic N) is 3. The van der Waals surface area contributed by atoms with E-state index in [-0.39, 0.29) is 47.1 Å². The third-order valence-electron chi connectivity index (χ3n) is 7.10. The number of benzene rings is 2. The molecule has 2 aromatic carbocycles. The number of nitrogens with one attached hydrogen (secondary N) is 1. The van der Waals surface area contributed by atoms with Crippen molar-refractivity contribution in [3.8, 4) is 18.1 Å². The molecule has 2 saturated heterocycles. The van der Waals surface area contributed by atoms with E-state index in [4.69, 9.17) is 22.8 Å². The van der Waals surface area contributed by atoms with E-state index in [0.29, 0.717) is 37.5 Å². The van der Waals surface area contributed by atoms with E-state index in [1.54, 1.807) is 23.1 Å². The van der Waals surface area contributed by atoms with Crippen LogP contribution in [-0.2, 0) is 25.7 Å². The average molecular weight is 581 g/mol. The van der Waals surface area contributed by atoms with Gasteiger partial charge in [0.15, 0.2) is 5.78 Å². The predicted molar refractivity (Wildman–Crippen MR) is 152 cm³/mol. The fraction of sp³-hybridized carbons (Fsp3) is 0.333. The molecule has 0 aromatic heterocycles. The molecule has 214 valence electrons. The number of carbonyl (C=O) groups excluding carboxylic acids is 4. The molecule has 0 aliphatic carbocycles. The Balaban J connectivity index is 1.49. The number of Topliss-reactive ketones (excluding diaryl/α,β-unsaturated/α-hetero) is 1. The number of hydrogen-bond donors (Lipinski definition) is 1. The quantitative estimate of drug-likeness (QED) is 0.399. The highest BCUT2D eigenvalue weighted by atomic mass is 35.5. The zero-order valence-electron chi connectivity index (χ0n) is 22.7. The molecule has 2 fully saturated rings. The molecule has 2 aromatic rings. The van der Waals surface area contributed by atoms with E-state index in [1.165, 1.54) is 49.3 Å². The Bertz CT molecular complexity index is 1420. The van der Waals surface area contributed by atoms with Gasteiger partial charge in [-0.25, -0.2) is 4.39 Å². The van der Waals surface area contributed by atoms with Gasteiger partial charge >= 0.3 is 0 Å². The van der Waals surface area contributed by atoms with Crippen molar-refractivity contribution in [2.24, 2.45) is 0 Å². The number of hydrogen-bond acceptors (Lipinski definition) is 6. The van der Waals surface area contributed by atoms with Gasteiger partial charge in [-0.05, 0) is 35.9 Å². The molecule has 2 aliphatic heterocycles. The summed E-state index contributed by atoms with van der Waals surface area (Å²) in [6, 6.07) is 7.90. The van der Waals surface area contributed by atoms with Gasteiger partial charge in [0.1, 0.15) is 23.7 Å². The summed E-state index contributed by atoms with van der Waals surface area (Å²) in [7, 11) is 1.44. The zero-order valence-corrected chi connectivity index (χ0v) is 23.5. The minimum Gasteiger partial charge on any atom is -0.495 e. The van der Waals surface area contributed by atoms with Crippen molar-refractivity contribution in [2.45, 2.75) is 32.0 Å². The maximum absolute atomic E-state index is 13.2. The van der Waals surface area contributed by atoms with Crippen LogP contribution in [0, 0.1) is 18.2 Å². The number of methoxy groups -OCH3 is 1. The summed E-state index contributed by atoms with van der Waals surface area (Å²) in [5.41, 5.74) is 1.66. The number of likely N-dealkylation sites (tertiary alicyclic amines) is 1. The second-order valence-electron chi connectivity index (χ2n) is 9.88. The summed E-state index contributed by atoms with van der Waals surface area (Å²) in [6.07, 6.45) is 8.58. The Morgan fingerprint density at radius 1 is 1.20 bits per heavy atom. The van der Waals surface area contributed by atoms with Gasteiger partial charge in [-0.15, -0.1) is 6.42 Å². The summed E-state index contributed by atoms with van der Waals surface area (Å²) >= 11 is 6.31. The normalized spacial score (nSPS) is 19.3. The standard InChI is InChI=1S/C30H30ClFN4O5/c1-4-23-17-34(16-20-5-8-22(32)9-6-20)11-12-35(23)29(39)10-7-21-13-28(41-3)25(31)15-26(21)33-30(40)27-14-24(38)18-36(27)19(2)37/h1,5-10,13,15,23,27H,11-12,14,16-18H2,2-3H3,(H,33,40)/b10-7+/t23?,27-/m0/s1. The van der Waals surface area contributed by atoms with Crippen molar-refractivity contribution >= 4 is 46.9 Å². The van der Waals surface area contributed by atoms with Crippen molar-refractivity contribution in [3.63, 3.8) is 0 Å². The van der Waals surface area contributed by atoms with Gasteiger partial charge in [0.2, 0.25) is 17.7 Å². The highest BCUT2D eigenvalue weighted by Gasteiger charge is 2.37. The Hall–Kier alpha value is -4.20. The van der Waals surface area contributed by atoms with E-state index in [0.717, 1.165) is 5.56 Å². The van der Waals surface area contributed by atoms with E-state index < -0.39 is 18.0 Å². The molecule has 0 spiro atoms. The van der Waals surface area contributed by atoms with Crippen molar-refractivity contribution in [2.75, 3.05) is 38.6 Å². The van der Waals surface area contributed by atoms with Gasteiger partial charge in [0, 0.05) is 56.9 Å². The van der Waals surface area contributed by atoms with Crippen LogP contribution in [0.3, 0.4) is 0 Å². The number of ether oxygens (including phenoxy) is 1. The Morgan fingerprint density at radius 2 is 1.93 bits per heavy atom. The van der Waals surface area contributed by atoms with Crippen molar-refractivity contribution < 1.29 is 28.3 Å². The van der Waals surface area contributed by atoms with Gasteiger partial charge in [0.05, 0.1) is 18.7 Å². The van der Waals surface area contributed by atoms with E-state index >= 15 is 0 Å². The summed E-state index contributed by atoms with van der Waals surface area (Å²) in [4.78, 5) is 55.1. The smallest absolute Gasteiger partial charge is 0.247 e. The number of anilines is 1. The number of amides is 3. The minimum atomic E-state index is -0.943. The average Bonchev–Trinajstić information content (AvgIpc) is 3.35. The highest BCUT2D eigenvalue weighted by Crippen LogP contribution is 2.32. The molecule has 0 bridgehead atoms. The van der Waals surface area contributed by atoms with Crippen molar-refractivity contribution in [1.82, 2.24) is 14.7 Å². The van der Waals surface area contributed by atoms with Gasteiger partial charge in [0.25, 0.3) is 0 Å². The number of rotatable bonds is 7. The topological polar surface area (TPSA) is 99.3 Å². The molecule has 2 atom stereocenters. The number of piperazine rings is 1. The van der Waals surface area contributed by atoms with Gasteiger partial charge in [-0.1, -0.05) is 29.7 Å².